The highest BCUT2D eigenvalue weighted by atomic mass is 35.5. The largest absolute Gasteiger partial charge is 0.496 e. The van der Waals surface area contributed by atoms with Gasteiger partial charge in [0.15, 0.2) is 5.65 Å². The first-order valence-electron chi connectivity index (χ1n) is 11.5. The smallest absolute Gasteiger partial charge is 0.258 e. The van der Waals surface area contributed by atoms with Crippen molar-refractivity contribution in [3.63, 3.8) is 0 Å². The van der Waals surface area contributed by atoms with E-state index >= 15 is 0 Å². The van der Waals surface area contributed by atoms with E-state index in [1.54, 1.807) is 25.3 Å². The number of benzene rings is 1. The number of piperidine rings is 1. The minimum atomic E-state index is -0.124. The topological polar surface area (TPSA) is 89.0 Å². The van der Waals surface area contributed by atoms with Gasteiger partial charge in [0, 0.05) is 48.5 Å². The number of fused-ring (bicyclic) bond motifs is 1. The van der Waals surface area contributed by atoms with Crippen molar-refractivity contribution in [3.8, 4) is 5.75 Å². The Morgan fingerprint density at radius 1 is 1.21 bits per heavy atom. The normalized spacial score (nSPS) is 21.1. The fraction of sp³-hybridized carbons (Fsp3) is 0.458. The molecule has 2 saturated heterocycles. The first-order valence-corrected chi connectivity index (χ1v) is 11.8. The second-order valence-electron chi connectivity index (χ2n) is 8.97. The zero-order valence-corrected chi connectivity index (χ0v) is 19.8. The number of hydrogen-bond acceptors (Lipinski definition) is 6. The highest BCUT2D eigenvalue weighted by Crippen LogP contribution is 2.34. The van der Waals surface area contributed by atoms with E-state index in [0.29, 0.717) is 22.9 Å². The Kier molecular flexibility index (Phi) is 5.88. The van der Waals surface area contributed by atoms with Crippen LogP contribution < -0.4 is 15.4 Å². The van der Waals surface area contributed by atoms with Crippen LogP contribution >= 0.6 is 11.6 Å². The quantitative estimate of drug-likeness (QED) is 0.629. The zero-order chi connectivity index (χ0) is 23.1. The van der Waals surface area contributed by atoms with Crippen molar-refractivity contribution < 1.29 is 9.53 Å². The highest BCUT2D eigenvalue weighted by molar-refractivity contribution is 6.31. The Labute approximate surface area is 198 Å². The lowest BCUT2D eigenvalue weighted by atomic mass is 9.98. The van der Waals surface area contributed by atoms with Gasteiger partial charge in [0.05, 0.1) is 24.4 Å². The number of likely N-dealkylation sites (tertiary alicyclic amines) is 1. The monoisotopic (exact) mass is 468 g/mol. The number of aryl methyl sites for hydroxylation is 1. The number of hydrogen-bond donors (Lipinski definition) is 1. The van der Waals surface area contributed by atoms with Crippen molar-refractivity contribution >= 4 is 29.0 Å². The molecular weight excluding hydrogens is 440 g/mol. The lowest BCUT2D eigenvalue weighted by molar-refractivity contribution is 0.0602. The van der Waals surface area contributed by atoms with Crippen LogP contribution in [0, 0.1) is 6.92 Å². The van der Waals surface area contributed by atoms with Gasteiger partial charge in [-0.15, -0.1) is 0 Å². The van der Waals surface area contributed by atoms with E-state index in [-0.39, 0.29) is 18.0 Å². The molecule has 0 aliphatic carbocycles. The van der Waals surface area contributed by atoms with E-state index in [2.05, 4.69) is 11.8 Å². The fourth-order valence-electron chi connectivity index (χ4n) is 4.97. The number of nitrogens with two attached hydrogens (primary N) is 1. The molecule has 3 aromatic rings. The molecule has 33 heavy (non-hydrogen) atoms. The molecule has 0 bridgehead atoms. The maximum Gasteiger partial charge on any atom is 0.258 e. The molecule has 0 spiro atoms. The number of halogens is 1. The number of carbonyl (C=O) groups is 1. The van der Waals surface area contributed by atoms with E-state index in [4.69, 9.17) is 32.2 Å². The van der Waals surface area contributed by atoms with Gasteiger partial charge in [-0.3, -0.25) is 4.79 Å². The first-order chi connectivity index (χ1) is 15.9. The van der Waals surface area contributed by atoms with E-state index in [0.717, 1.165) is 61.5 Å². The molecule has 2 N–H and O–H groups in total. The maximum atomic E-state index is 13.6. The number of nitrogens with zero attached hydrogens (tertiary/aromatic N) is 5. The van der Waals surface area contributed by atoms with Crippen LogP contribution in [-0.2, 0) is 0 Å². The van der Waals surface area contributed by atoms with Crippen molar-refractivity contribution in [2.24, 2.45) is 5.73 Å². The van der Waals surface area contributed by atoms with Crippen LogP contribution in [0.3, 0.4) is 0 Å². The molecule has 9 heteroatoms. The van der Waals surface area contributed by atoms with Gasteiger partial charge in [0.2, 0.25) is 0 Å². The number of aromatic nitrogens is 3. The average Bonchev–Trinajstić information content (AvgIpc) is 3.43. The summed E-state index contributed by atoms with van der Waals surface area (Å²) < 4.78 is 7.26. The molecule has 1 amide bonds. The van der Waals surface area contributed by atoms with Gasteiger partial charge >= 0.3 is 0 Å². The van der Waals surface area contributed by atoms with Crippen molar-refractivity contribution in [2.45, 2.75) is 44.7 Å². The van der Waals surface area contributed by atoms with Crippen LogP contribution in [0.25, 0.3) is 5.65 Å². The Morgan fingerprint density at radius 3 is 2.82 bits per heavy atom. The second-order valence-corrected chi connectivity index (χ2v) is 9.41. The number of amides is 1. The van der Waals surface area contributed by atoms with Crippen molar-refractivity contribution in [3.05, 3.63) is 52.3 Å². The third kappa shape index (κ3) is 4.13. The molecule has 8 nitrogen and oxygen atoms in total. The maximum absolute atomic E-state index is 13.6. The number of methoxy groups -OCH3 is 1. The summed E-state index contributed by atoms with van der Waals surface area (Å²) in [6.45, 7) is 4.45. The zero-order valence-electron chi connectivity index (χ0n) is 19.0. The average molecular weight is 469 g/mol. The van der Waals surface area contributed by atoms with Gasteiger partial charge in [-0.2, -0.15) is 5.10 Å². The molecular formula is C24H29ClN6O2. The van der Waals surface area contributed by atoms with E-state index in [1.807, 2.05) is 21.7 Å². The summed E-state index contributed by atoms with van der Waals surface area (Å²) in [7, 11) is 1.56. The van der Waals surface area contributed by atoms with E-state index < -0.39 is 0 Å². The lowest BCUT2D eigenvalue weighted by Crippen LogP contribution is -2.38. The fourth-order valence-corrected chi connectivity index (χ4v) is 5.14. The Hall–Kier alpha value is -2.84. The molecule has 0 unspecified atom stereocenters. The minimum Gasteiger partial charge on any atom is -0.496 e. The number of anilines is 1. The Bertz CT molecular complexity index is 1200. The van der Waals surface area contributed by atoms with Gasteiger partial charge < -0.3 is 20.3 Å². The molecule has 0 radical (unpaired) electrons. The molecule has 2 aromatic heterocycles. The summed E-state index contributed by atoms with van der Waals surface area (Å²) in [5, 5.41) is 5.33. The van der Waals surface area contributed by atoms with Crippen LogP contribution in [0.1, 0.15) is 53.3 Å². The van der Waals surface area contributed by atoms with Crippen LogP contribution in [0.2, 0.25) is 5.02 Å². The van der Waals surface area contributed by atoms with Gasteiger partial charge in [-0.05, 0) is 50.8 Å². The third-order valence-electron chi connectivity index (χ3n) is 6.65. The third-order valence-corrected chi connectivity index (χ3v) is 6.88. The number of rotatable bonds is 4. The molecule has 174 valence electrons. The minimum absolute atomic E-state index is 0.0908. The van der Waals surface area contributed by atoms with Crippen molar-refractivity contribution in [1.82, 2.24) is 19.5 Å². The number of carbonyl (C=O) groups excluding carboxylic acids is 1. The molecule has 5 rings (SSSR count). The van der Waals surface area contributed by atoms with Crippen LogP contribution in [0.15, 0.2) is 30.5 Å². The molecule has 4 heterocycles. The predicted molar refractivity (Wildman–Crippen MR) is 128 cm³/mol. The summed E-state index contributed by atoms with van der Waals surface area (Å²) >= 11 is 6.19. The summed E-state index contributed by atoms with van der Waals surface area (Å²) in [5.41, 5.74) is 9.28. The predicted octanol–water partition coefficient (Wildman–Crippen LogP) is 3.60. The summed E-state index contributed by atoms with van der Waals surface area (Å²) in [5.74, 6) is 1.39. The van der Waals surface area contributed by atoms with Crippen LogP contribution in [0.5, 0.6) is 5.75 Å². The second kappa shape index (κ2) is 8.83. The SMILES string of the molecule is COc1ccc(Cl)cc1C(=O)N1CCCC[C@@H]1c1cc2nc(N3CC[C@H](N)C3)c(C)cn2n1. The molecule has 1 aromatic carbocycles. The van der Waals surface area contributed by atoms with Gasteiger partial charge in [-0.25, -0.2) is 9.50 Å². The Morgan fingerprint density at radius 2 is 2.06 bits per heavy atom. The van der Waals surface area contributed by atoms with E-state index in [9.17, 15) is 4.79 Å². The van der Waals surface area contributed by atoms with Crippen molar-refractivity contribution in [2.75, 3.05) is 31.6 Å². The van der Waals surface area contributed by atoms with E-state index in [1.165, 1.54) is 0 Å². The van der Waals surface area contributed by atoms with Gasteiger partial charge in [-0.1, -0.05) is 11.6 Å². The molecule has 2 aliphatic rings. The standard InChI is InChI=1S/C24H29ClN6O2/c1-15-13-31-22(27-23(15)29-10-8-17(26)14-29)12-19(28-31)20-5-3-4-9-30(20)24(32)18-11-16(25)6-7-21(18)33-2/h6-7,11-13,17,20H,3-5,8-10,14,26H2,1-2H3/t17-,20+/m0/s1. The summed E-state index contributed by atoms with van der Waals surface area (Å²) in [6, 6.07) is 7.21. The molecule has 2 fully saturated rings. The van der Waals surface area contributed by atoms with Gasteiger partial charge in [0.25, 0.3) is 5.91 Å². The highest BCUT2D eigenvalue weighted by Gasteiger charge is 2.32. The summed E-state index contributed by atoms with van der Waals surface area (Å²) in [6.07, 6.45) is 5.84. The molecule has 2 atom stereocenters. The first kappa shape index (κ1) is 22.0. The van der Waals surface area contributed by atoms with Crippen molar-refractivity contribution in [1.29, 1.82) is 0 Å². The van der Waals surface area contributed by atoms with Crippen LogP contribution in [-0.4, -0.2) is 58.2 Å². The molecule has 2 aliphatic heterocycles. The Balaban J connectivity index is 1.48. The molecule has 0 saturated carbocycles. The number of ether oxygens (including phenoxy) is 1. The van der Waals surface area contributed by atoms with Gasteiger partial charge in [0.1, 0.15) is 11.6 Å². The summed E-state index contributed by atoms with van der Waals surface area (Å²) in [4.78, 5) is 22.6. The van der Waals surface area contributed by atoms with Crippen LogP contribution in [0.4, 0.5) is 5.82 Å². The lowest BCUT2D eigenvalue weighted by Gasteiger charge is -2.35.